The van der Waals surface area contributed by atoms with Crippen LogP contribution in [0.3, 0.4) is 0 Å². The molecule has 2 aromatic heterocycles. The minimum absolute atomic E-state index is 0.126. The van der Waals surface area contributed by atoms with Gasteiger partial charge < -0.3 is 14.7 Å². The summed E-state index contributed by atoms with van der Waals surface area (Å²) in [5.74, 6) is 5.43. The quantitative estimate of drug-likeness (QED) is 0.289. The molecule has 8 nitrogen and oxygen atoms in total. The molecule has 0 radical (unpaired) electrons. The minimum atomic E-state index is -0.536. The van der Waals surface area contributed by atoms with E-state index in [1.54, 1.807) is 18.3 Å². The SMILES string of the molecule is CC(=N)OC(=[N-])Cn1cc(-c2cc(Cl)ccc2C)c(C(=O)Nc2ncc(C#CC3CC3)s2)cc1=O. The van der Waals surface area contributed by atoms with Crippen molar-refractivity contribution in [3.05, 3.63) is 73.4 Å². The van der Waals surface area contributed by atoms with Crippen molar-refractivity contribution in [1.82, 2.24) is 9.55 Å². The van der Waals surface area contributed by atoms with Gasteiger partial charge >= 0.3 is 0 Å². The van der Waals surface area contributed by atoms with E-state index in [4.69, 9.17) is 21.7 Å². The maximum Gasteiger partial charge on any atom is 0.258 e. The Morgan fingerprint density at radius 3 is 2.86 bits per heavy atom. The third-order valence-electron chi connectivity index (χ3n) is 5.14. The van der Waals surface area contributed by atoms with Gasteiger partial charge in [0, 0.05) is 41.6 Å². The Kier molecular flexibility index (Phi) is 7.15. The number of carbonyl (C=O) groups is 1. The van der Waals surface area contributed by atoms with Crippen LogP contribution < -0.4 is 10.9 Å². The van der Waals surface area contributed by atoms with E-state index < -0.39 is 17.4 Å². The highest BCUT2D eigenvalue weighted by Crippen LogP contribution is 2.30. The molecule has 178 valence electrons. The van der Waals surface area contributed by atoms with Gasteiger partial charge in [0.2, 0.25) is 0 Å². The fourth-order valence-corrected chi connectivity index (χ4v) is 4.14. The molecule has 3 aromatic rings. The molecule has 1 aliphatic rings. The monoisotopic (exact) mass is 506 g/mol. The largest absolute Gasteiger partial charge is 0.773 e. The first-order valence-electron chi connectivity index (χ1n) is 10.8. The van der Waals surface area contributed by atoms with E-state index >= 15 is 0 Å². The molecule has 1 saturated carbocycles. The first kappa shape index (κ1) is 24.4. The molecule has 2 N–H and O–H groups in total. The fraction of sp³-hybridized carbons (Fsp3) is 0.240. The number of pyridine rings is 1. The highest BCUT2D eigenvalue weighted by molar-refractivity contribution is 7.16. The molecule has 0 spiro atoms. The highest BCUT2D eigenvalue weighted by Gasteiger charge is 2.20. The second-order valence-electron chi connectivity index (χ2n) is 8.11. The Hall–Kier alpha value is -3.74. The Morgan fingerprint density at radius 1 is 1.37 bits per heavy atom. The molecule has 2 heterocycles. The van der Waals surface area contributed by atoms with Crippen LogP contribution in [0, 0.1) is 30.1 Å². The summed E-state index contributed by atoms with van der Waals surface area (Å²) in [4.78, 5) is 31.0. The molecule has 10 heteroatoms. The number of nitrogens with one attached hydrogen (secondary N) is 2. The Morgan fingerprint density at radius 2 is 2.14 bits per heavy atom. The maximum absolute atomic E-state index is 13.3. The lowest BCUT2D eigenvalue weighted by Crippen LogP contribution is -2.27. The predicted molar refractivity (Wildman–Crippen MR) is 138 cm³/mol. The molecule has 1 fully saturated rings. The standard InChI is InChI=1S/C25H21ClN5O3S/c1-14-3-7-17(26)9-19(14)21-12-31(13-22(28)34-15(2)27)23(32)10-20(21)24(33)30-25-29-11-18(35-25)8-6-16-4-5-16/h3,7,9-12,16,27H,4-5,13H2,1-2H3,(H,29,30,33)/q-1. The molecule has 0 aliphatic heterocycles. The van der Waals surface area contributed by atoms with Crippen molar-refractivity contribution in [2.24, 2.45) is 5.92 Å². The first-order valence-corrected chi connectivity index (χ1v) is 12.0. The van der Waals surface area contributed by atoms with Gasteiger partial charge in [-0.25, -0.2) is 4.98 Å². The predicted octanol–water partition coefficient (Wildman–Crippen LogP) is 4.93. The van der Waals surface area contributed by atoms with Gasteiger partial charge in [-0.15, -0.1) is 0 Å². The lowest BCUT2D eigenvalue weighted by molar-refractivity contribution is 0.102. The van der Waals surface area contributed by atoms with Gasteiger partial charge in [-0.3, -0.25) is 20.3 Å². The molecular weight excluding hydrogens is 486 g/mol. The average molecular weight is 507 g/mol. The van der Waals surface area contributed by atoms with Crippen LogP contribution in [0.15, 0.2) is 41.5 Å². The van der Waals surface area contributed by atoms with E-state index in [9.17, 15) is 15.0 Å². The smallest absolute Gasteiger partial charge is 0.258 e. The number of hydrogen-bond acceptors (Lipinski definition) is 6. The summed E-state index contributed by atoms with van der Waals surface area (Å²) in [6, 6.07) is 6.44. The van der Waals surface area contributed by atoms with Crippen molar-refractivity contribution in [2.75, 3.05) is 5.32 Å². The third-order valence-corrected chi connectivity index (χ3v) is 6.20. The molecule has 0 bridgehead atoms. The number of anilines is 1. The van der Waals surface area contributed by atoms with Crippen molar-refractivity contribution in [3.8, 4) is 23.0 Å². The van der Waals surface area contributed by atoms with E-state index in [0.29, 0.717) is 27.2 Å². The summed E-state index contributed by atoms with van der Waals surface area (Å²) in [5, 5.41) is 20.9. The van der Waals surface area contributed by atoms with E-state index in [-0.39, 0.29) is 18.0 Å². The molecule has 1 aromatic carbocycles. The molecule has 0 saturated heterocycles. The van der Waals surface area contributed by atoms with Crippen LogP contribution >= 0.6 is 22.9 Å². The Bertz CT molecular complexity index is 1460. The van der Waals surface area contributed by atoms with Gasteiger partial charge in [0.1, 0.15) is 0 Å². The van der Waals surface area contributed by atoms with Crippen LogP contribution in [0.2, 0.25) is 5.02 Å². The molecule has 0 unspecified atom stereocenters. The molecular formula is C25H21ClN5O3S-. The number of rotatable bonds is 5. The second-order valence-corrected chi connectivity index (χ2v) is 9.57. The number of aryl methyl sites for hydroxylation is 1. The lowest BCUT2D eigenvalue weighted by Gasteiger charge is -2.18. The van der Waals surface area contributed by atoms with Crippen LogP contribution in [0.1, 0.15) is 40.6 Å². The van der Waals surface area contributed by atoms with E-state index in [2.05, 4.69) is 22.1 Å². The van der Waals surface area contributed by atoms with Crippen molar-refractivity contribution < 1.29 is 9.53 Å². The van der Waals surface area contributed by atoms with Crippen molar-refractivity contribution in [2.45, 2.75) is 33.2 Å². The molecule has 1 amide bonds. The van der Waals surface area contributed by atoms with Gasteiger partial charge in [-0.2, -0.15) is 0 Å². The van der Waals surface area contributed by atoms with Gasteiger partial charge in [-0.05, 0) is 43.0 Å². The summed E-state index contributed by atoms with van der Waals surface area (Å²) in [6.07, 6.45) is 5.31. The van der Waals surface area contributed by atoms with Crippen LogP contribution in [0.5, 0.6) is 0 Å². The number of aromatic nitrogens is 2. The summed E-state index contributed by atoms with van der Waals surface area (Å²) < 4.78 is 6.07. The van der Waals surface area contributed by atoms with Crippen molar-refractivity contribution >= 4 is 45.8 Å². The number of halogens is 1. The van der Waals surface area contributed by atoms with E-state index in [1.165, 1.54) is 35.1 Å². The maximum atomic E-state index is 13.3. The lowest BCUT2D eigenvalue weighted by atomic mass is 9.97. The topological polar surface area (TPSA) is 119 Å². The van der Waals surface area contributed by atoms with Crippen LogP contribution in [0.25, 0.3) is 16.5 Å². The first-order chi connectivity index (χ1) is 16.7. The van der Waals surface area contributed by atoms with Gasteiger partial charge in [0.15, 0.2) is 11.0 Å². The van der Waals surface area contributed by atoms with Crippen LogP contribution in [0.4, 0.5) is 5.13 Å². The van der Waals surface area contributed by atoms with Gasteiger partial charge in [0.25, 0.3) is 11.5 Å². The molecule has 4 rings (SSSR count). The summed E-state index contributed by atoms with van der Waals surface area (Å²) in [6.45, 7) is 2.91. The zero-order valence-corrected chi connectivity index (χ0v) is 20.6. The third kappa shape index (κ3) is 6.23. The molecule has 0 atom stereocenters. The number of amides is 1. The molecule has 1 aliphatic carbocycles. The normalized spacial score (nSPS) is 12.4. The zero-order valence-electron chi connectivity index (χ0n) is 19.0. The number of hydrogen-bond donors (Lipinski definition) is 2. The number of nitrogens with zero attached hydrogens (tertiary/aromatic N) is 3. The van der Waals surface area contributed by atoms with Crippen LogP contribution in [-0.4, -0.2) is 27.3 Å². The summed E-state index contributed by atoms with van der Waals surface area (Å²) in [7, 11) is 0. The van der Waals surface area contributed by atoms with Gasteiger partial charge in [0.05, 0.1) is 23.2 Å². The van der Waals surface area contributed by atoms with Crippen molar-refractivity contribution in [1.29, 1.82) is 5.41 Å². The summed E-state index contributed by atoms with van der Waals surface area (Å²) >= 11 is 7.48. The van der Waals surface area contributed by atoms with E-state index in [0.717, 1.165) is 23.3 Å². The number of thiazole rings is 1. The Balaban J connectivity index is 1.70. The number of carbonyl (C=O) groups excluding carboxylic acids is 1. The van der Waals surface area contributed by atoms with Gasteiger partial charge in [-0.1, -0.05) is 40.8 Å². The Labute approximate surface area is 211 Å². The minimum Gasteiger partial charge on any atom is -0.773 e. The second kappa shape index (κ2) is 10.3. The van der Waals surface area contributed by atoms with Crippen molar-refractivity contribution in [3.63, 3.8) is 0 Å². The zero-order chi connectivity index (χ0) is 25.1. The summed E-state index contributed by atoms with van der Waals surface area (Å²) in [5.41, 5.74) is 1.51. The average Bonchev–Trinajstić information content (AvgIpc) is 3.52. The molecule has 35 heavy (non-hydrogen) atoms. The van der Waals surface area contributed by atoms with Crippen LogP contribution in [-0.2, 0) is 11.3 Å². The number of ether oxygens (including phenoxy) is 1. The van der Waals surface area contributed by atoms with E-state index in [1.807, 2.05) is 13.0 Å². The number of benzene rings is 1. The fourth-order valence-electron chi connectivity index (χ4n) is 3.29. The highest BCUT2D eigenvalue weighted by atomic mass is 35.5.